The smallest absolute Gasteiger partial charge is 0.413 e. The number of rotatable bonds is 3. The van der Waals surface area contributed by atoms with Gasteiger partial charge in [-0.2, -0.15) is 8.78 Å². The Morgan fingerprint density at radius 1 is 1.46 bits per heavy atom. The van der Waals surface area contributed by atoms with Crippen molar-refractivity contribution in [2.24, 2.45) is 0 Å². The topological polar surface area (TPSA) is 22.1 Å². The van der Waals surface area contributed by atoms with E-state index in [1.165, 1.54) is 18.3 Å². The first-order valence-corrected chi connectivity index (χ1v) is 4.07. The Morgan fingerprint density at radius 3 is 2.62 bits per heavy atom. The lowest BCUT2D eigenvalue weighted by atomic mass is 10.5. The highest BCUT2D eigenvalue weighted by Gasteiger charge is 2.32. The van der Waals surface area contributed by atoms with E-state index in [0.29, 0.717) is 4.47 Å². The van der Waals surface area contributed by atoms with Crippen LogP contribution in [0.2, 0.25) is 0 Å². The van der Waals surface area contributed by atoms with Crippen LogP contribution in [0.15, 0.2) is 22.8 Å². The lowest BCUT2D eigenvalue weighted by Crippen LogP contribution is -2.27. The summed E-state index contributed by atoms with van der Waals surface area (Å²) in [6.07, 6.45) is -2.52. The highest BCUT2D eigenvalue weighted by molar-refractivity contribution is 9.10. The van der Waals surface area contributed by atoms with E-state index in [1.54, 1.807) is 0 Å². The molecule has 1 heterocycles. The maximum atomic E-state index is 12.3. The van der Waals surface area contributed by atoms with Crippen molar-refractivity contribution in [1.82, 2.24) is 4.98 Å². The minimum absolute atomic E-state index is 0.314. The Balaban J connectivity index is 2.69. The third kappa shape index (κ3) is 3.22. The van der Waals surface area contributed by atoms with Gasteiger partial charge >= 0.3 is 6.11 Å². The molecule has 13 heavy (non-hydrogen) atoms. The van der Waals surface area contributed by atoms with Crippen LogP contribution >= 0.6 is 15.9 Å². The van der Waals surface area contributed by atoms with E-state index in [9.17, 15) is 13.2 Å². The van der Waals surface area contributed by atoms with Crippen molar-refractivity contribution in [3.63, 3.8) is 0 Å². The van der Waals surface area contributed by atoms with Crippen LogP contribution < -0.4 is 4.74 Å². The van der Waals surface area contributed by atoms with Crippen LogP contribution in [-0.4, -0.2) is 17.8 Å². The molecule has 0 atom stereocenters. The summed E-state index contributed by atoms with van der Waals surface area (Å²) in [5.74, 6) is -0.314. The van der Waals surface area contributed by atoms with Gasteiger partial charge in [0.15, 0.2) is 6.67 Å². The number of ether oxygens (including phenoxy) is 1. The maximum absolute atomic E-state index is 12.3. The molecule has 0 fully saturated rings. The normalized spacial score (nSPS) is 11.4. The molecule has 0 saturated heterocycles. The van der Waals surface area contributed by atoms with E-state index < -0.39 is 12.8 Å². The van der Waals surface area contributed by atoms with Crippen molar-refractivity contribution in [2.45, 2.75) is 6.11 Å². The standard InChI is InChI=1S/C7H5BrF3NO/c8-5-1-2-6(12-3-5)13-7(10,11)4-9/h1-3H,4H2. The largest absolute Gasteiger partial charge is 0.428 e. The zero-order valence-corrected chi connectivity index (χ0v) is 7.89. The van der Waals surface area contributed by atoms with Crippen LogP contribution in [-0.2, 0) is 0 Å². The van der Waals surface area contributed by atoms with Gasteiger partial charge in [-0.25, -0.2) is 9.37 Å². The lowest BCUT2D eigenvalue weighted by Gasteiger charge is -2.12. The number of hydrogen-bond acceptors (Lipinski definition) is 2. The van der Waals surface area contributed by atoms with Crippen molar-refractivity contribution >= 4 is 15.9 Å². The van der Waals surface area contributed by atoms with E-state index in [-0.39, 0.29) is 5.88 Å². The average molecular weight is 256 g/mol. The van der Waals surface area contributed by atoms with E-state index in [4.69, 9.17) is 0 Å². The number of nitrogens with zero attached hydrogens (tertiary/aromatic N) is 1. The summed E-state index contributed by atoms with van der Waals surface area (Å²) in [4.78, 5) is 3.50. The first-order chi connectivity index (χ1) is 6.03. The predicted molar refractivity (Wildman–Crippen MR) is 43.5 cm³/mol. The quantitative estimate of drug-likeness (QED) is 0.829. The fourth-order valence-electron chi connectivity index (χ4n) is 0.603. The second-order valence-corrected chi connectivity index (χ2v) is 3.10. The Morgan fingerprint density at radius 2 is 2.15 bits per heavy atom. The van der Waals surface area contributed by atoms with Gasteiger partial charge in [0, 0.05) is 16.7 Å². The van der Waals surface area contributed by atoms with Gasteiger partial charge in [-0.1, -0.05) is 0 Å². The Bertz CT molecular complexity index is 278. The van der Waals surface area contributed by atoms with Crippen LogP contribution in [0.25, 0.3) is 0 Å². The molecule has 0 saturated carbocycles. The Kier molecular flexibility index (Phi) is 3.13. The van der Waals surface area contributed by atoms with Crippen molar-refractivity contribution in [3.05, 3.63) is 22.8 Å². The Hall–Kier alpha value is -0.780. The summed E-state index contributed by atoms with van der Waals surface area (Å²) >= 11 is 3.06. The summed E-state index contributed by atoms with van der Waals surface area (Å²) in [5.41, 5.74) is 0. The number of alkyl halides is 3. The molecular weight excluding hydrogens is 251 g/mol. The zero-order chi connectivity index (χ0) is 9.90. The van der Waals surface area contributed by atoms with E-state index >= 15 is 0 Å². The first kappa shape index (κ1) is 10.3. The first-order valence-electron chi connectivity index (χ1n) is 3.28. The van der Waals surface area contributed by atoms with Gasteiger partial charge < -0.3 is 4.74 Å². The minimum Gasteiger partial charge on any atom is -0.413 e. The van der Waals surface area contributed by atoms with Crippen molar-refractivity contribution in [3.8, 4) is 5.88 Å². The summed E-state index contributed by atoms with van der Waals surface area (Å²) in [7, 11) is 0. The third-order valence-corrected chi connectivity index (χ3v) is 1.58. The molecule has 0 N–H and O–H groups in total. The molecule has 0 radical (unpaired) electrons. The molecule has 6 heteroatoms. The summed E-state index contributed by atoms with van der Waals surface area (Å²) in [6.45, 7) is -1.87. The average Bonchev–Trinajstić information content (AvgIpc) is 2.09. The van der Waals surface area contributed by atoms with Gasteiger partial charge in [0.2, 0.25) is 5.88 Å². The molecular formula is C7H5BrF3NO. The van der Waals surface area contributed by atoms with Crippen molar-refractivity contribution in [1.29, 1.82) is 0 Å². The second kappa shape index (κ2) is 3.95. The van der Waals surface area contributed by atoms with Crippen molar-refractivity contribution < 1.29 is 17.9 Å². The zero-order valence-electron chi connectivity index (χ0n) is 6.31. The maximum Gasteiger partial charge on any atom is 0.428 e. The molecule has 0 amide bonds. The van der Waals surface area contributed by atoms with Crippen LogP contribution in [0.4, 0.5) is 13.2 Å². The highest BCUT2D eigenvalue weighted by atomic mass is 79.9. The fourth-order valence-corrected chi connectivity index (χ4v) is 0.837. The van der Waals surface area contributed by atoms with Gasteiger partial charge in [-0.05, 0) is 22.0 Å². The van der Waals surface area contributed by atoms with E-state index in [1.807, 2.05) is 0 Å². The summed E-state index contributed by atoms with van der Waals surface area (Å²) < 4.78 is 40.8. The molecule has 0 unspecified atom stereocenters. The van der Waals surface area contributed by atoms with Crippen LogP contribution in [0.5, 0.6) is 5.88 Å². The second-order valence-electron chi connectivity index (χ2n) is 2.19. The van der Waals surface area contributed by atoms with Gasteiger partial charge in [-0.15, -0.1) is 0 Å². The molecule has 0 spiro atoms. The molecule has 0 bridgehead atoms. The third-order valence-electron chi connectivity index (χ3n) is 1.11. The molecule has 1 aromatic rings. The SMILES string of the molecule is FCC(F)(F)Oc1ccc(Br)cn1. The number of halogens is 4. The molecule has 0 aliphatic rings. The monoisotopic (exact) mass is 255 g/mol. The minimum atomic E-state index is -3.80. The summed E-state index contributed by atoms with van der Waals surface area (Å²) in [6, 6.07) is 2.68. The molecule has 1 aromatic heterocycles. The van der Waals surface area contributed by atoms with Crippen LogP contribution in [0.1, 0.15) is 0 Å². The van der Waals surface area contributed by atoms with Gasteiger partial charge in [0.1, 0.15) is 0 Å². The van der Waals surface area contributed by atoms with Crippen LogP contribution in [0, 0.1) is 0 Å². The molecule has 72 valence electrons. The molecule has 0 aromatic carbocycles. The Labute approximate surface area is 80.9 Å². The number of pyridine rings is 1. The molecule has 0 aliphatic heterocycles. The number of hydrogen-bond donors (Lipinski definition) is 0. The molecule has 0 aliphatic carbocycles. The van der Waals surface area contributed by atoms with E-state index in [2.05, 4.69) is 25.7 Å². The lowest BCUT2D eigenvalue weighted by molar-refractivity contribution is -0.188. The molecule has 1 rings (SSSR count). The number of aromatic nitrogens is 1. The van der Waals surface area contributed by atoms with Gasteiger partial charge in [0.25, 0.3) is 0 Å². The molecule has 2 nitrogen and oxygen atoms in total. The van der Waals surface area contributed by atoms with Gasteiger partial charge in [-0.3, -0.25) is 0 Å². The fraction of sp³-hybridized carbons (Fsp3) is 0.286. The summed E-state index contributed by atoms with van der Waals surface area (Å²) in [5, 5.41) is 0. The van der Waals surface area contributed by atoms with Crippen molar-refractivity contribution in [2.75, 3.05) is 6.67 Å². The highest BCUT2D eigenvalue weighted by Crippen LogP contribution is 2.20. The van der Waals surface area contributed by atoms with Crippen LogP contribution in [0.3, 0.4) is 0 Å². The van der Waals surface area contributed by atoms with E-state index in [0.717, 1.165) is 0 Å². The van der Waals surface area contributed by atoms with Gasteiger partial charge in [0.05, 0.1) is 0 Å². The predicted octanol–water partition coefficient (Wildman–Crippen LogP) is 2.79.